The van der Waals surface area contributed by atoms with Gasteiger partial charge in [-0.05, 0) is 79.7 Å². The fourth-order valence-electron chi connectivity index (χ4n) is 5.02. The maximum Gasteiger partial charge on any atom is -0.0162 e. The van der Waals surface area contributed by atoms with Gasteiger partial charge in [0, 0.05) is 0 Å². The first-order chi connectivity index (χ1) is 10.8. The maximum atomic E-state index is 2.40. The van der Waals surface area contributed by atoms with E-state index in [1.165, 1.54) is 63.4 Å². The Morgan fingerprint density at radius 1 is 0.727 bits per heavy atom. The van der Waals surface area contributed by atoms with Crippen molar-refractivity contribution in [3.63, 3.8) is 0 Å². The molecule has 0 atom stereocenters. The third-order valence-corrected chi connectivity index (χ3v) is 6.77. The molecule has 0 aromatic heterocycles. The monoisotopic (exact) mass is 298 g/mol. The normalized spacial score (nSPS) is 32.8. The average Bonchev–Trinajstić information content (AvgIpc) is 2.62. The van der Waals surface area contributed by atoms with E-state index in [2.05, 4.69) is 38.1 Å². The van der Waals surface area contributed by atoms with Crippen LogP contribution in [0.2, 0.25) is 0 Å². The van der Waals surface area contributed by atoms with Gasteiger partial charge in [-0.3, -0.25) is 0 Å². The molecule has 0 spiro atoms. The van der Waals surface area contributed by atoms with Gasteiger partial charge in [0.1, 0.15) is 0 Å². The van der Waals surface area contributed by atoms with Gasteiger partial charge in [0.2, 0.25) is 0 Å². The molecule has 0 nitrogen and oxygen atoms in total. The lowest BCUT2D eigenvalue weighted by atomic mass is 9.68. The van der Waals surface area contributed by atoms with Crippen molar-refractivity contribution in [3.8, 4) is 0 Å². The minimum Gasteiger partial charge on any atom is -0.0651 e. The molecule has 1 aromatic rings. The van der Waals surface area contributed by atoms with E-state index in [4.69, 9.17) is 0 Å². The van der Waals surface area contributed by atoms with Crippen LogP contribution in [0, 0.1) is 17.8 Å². The van der Waals surface area contributed by atoms with Crippen molar-refractivity contribution in [3.05, 3.63) is 35.4 Å². The van der Waals surface area contributed by atoms with Crippen LogP contribution >= 0.6 is 0 Å². The van der Waals surface area contributed by atoms with E-state index in [1.807, 2.05) is 0 Å². The van der Waals surface area contributed by atoms with Gasteiger partial charge in [-0.25, -0.2) is 0 Å². The first-order valence-corrected chi connectivity index (χ1v) is 9.89. The van der Waals surface area contributed by atoms with Gasteiger partial charge in [0.05, 0.1) is 0 Å². The van der Waals surface area contributed by atoms with Crippen molar-refractivity contribution in [2.75, 3.05) is 0 Å². The minimum atomic E-state index is 0.842. The summed E-state index contributed by atoms with van der Waals surface area (Å²) in [6.07, 6.45) is 14.5. The average molecular weight is 299 g/mol. The number of hydrogen-bond acceptors (Lipinski definition) is 0. The van der Waals surface area contributed by atoms with Crippen molar-refractivity contribution >= 4 is 0 Å². The summed E-state index contributed by atoms with van der Waals surface area (Å²) in [4.78, 5) is 0. The number of hydrogen-bond donors (Lipinski definition) is 0. The van der Waals surface area contributed by atoms with Gasteiger partial charge >= 0.3 is 0 Å². The van der Waals surface area contributed by atoms with Crippen LogP contribution in [0.3, 0.4) is 0 Å². The van der Waals surface area contributed by atoms with Crippen LogP contribution in [0.25, 0.3) is 0 Å². The van der Waals surface area contributed by atoms with Gasteiger partial charge in [-0.1, -0.05) is 57.4 Å². The summed E-state index contributed by atoms with van der Waals surface area (Å²) >= 11 is 0. The van der Waals surface area contributed by atoms with Crippen molar-refractivity contribution in [2.45, 2.75) is 84.0 Å². The largest absolute Gasteiger partial charge is 0.0651 e. The van der Waals surface area contributed by atoms with E-state index in [1.54, 1.807) is 5.56 Å². The van der Waals surface area contributed by atoms with Crippen molar-refractivity contribution in [1.82, 2.24) is 0 Å². The Hall–Kier alpha value is -0.780. The van der Waals surface area contributed by atoms with Gasteiger partial charge in [-0.2, -0.15) is 0 Å². The standard InChI is InChI=1S/C22H34/c1-3-17-5-9-19(10-6-17)21-13-15-22(16-14-21)20-11-7-18(4-2)8-12-20/h5-6,9-10,18,20-22H,3-4,7-8,11-16H2,1-2H3/t18-,20-,21-,22-. The fourth-order valence-corrected chi connectivity index (χ4v) is 5.02. The first-order valence-electron chi connectivity index (χ1n) is 9.89. The van der Waals surface area contributed by atoms with E-state index in [0.29, 0.717) is 0 Å². The number of aryl methyl sites for hydroxylation is 1. The van der Waals surface area contributed by atoms with E-state index >= 15 is 0 Å². The Morgan fingerprint density at radius 2 is 1.27 bits per heavy atom. The number of benzene rings is 1. The highest BCUT2D eigenvalue weighted by Crippen LogP contribution is 2.44. The zero-order chi connectivity index (χ0) is 15.4. The first kappa shape index (κ1) is 16.1. The molecule has 2 saturated carbocycles. The Kier molecular flexibility index (Phi) is 5.61. The molecule has 3 rings (SSSR count). The highest BCUT2D eigenvalue weighted by molar-refractivity contribution is 5.25. The lowest BCUT2D eigenvalue weighted by Gasteiger charge is -2.38. The zero-order valence-electron chi connectivity index (χ0n) is 14.7. The van der Waals surface area contributed by atoms with Crippen molar-refractivity contribution in [1.29, 1.82) is 0 Å². The summed E-state index contributed by atoms with van der Waals surface area (Å²) in [6.45, 7) is 4.62. The second-order valence-corrected chi connectivity index (χ2v) is 7.90. The summed E-state index contributed by atoms with van der Waals surface area (Å²) in [6, 6.07) is 9.48. The van der Waals surface area contributed by atoms with Gasteiger partial charge in [-0.15, -0.1) is 0 Å². The predicted octanol–water partition coefficient (Wildman–Crippen LogP) is 6.74. The van der Waals surface area contributed by atoms with Crippen LogP contribution in [-0.4, -0.2) is 0 Å². The molecule has 0 amide bonds. The van der Waals surface area contributed by atoms with Crippen molar-refractivity contribution in [2.24, 2.45) is 17.8 Å². The SMILES string of the molecule is CCc1ccc([C@H]2CC[C@H]([C@H]3CC[C@H](CC)CC3)CC2)cc1. The van der Waals surface area contributed by atoms with Gasteiger partial charge < -0.3 is 0 Å². The van der Waals surface area contributed by atoms with Crippen LogP contribution < -0.4 is 0 Å². The molecule has 0 heteroatoms. The Balaban J connectivity index is 1.49. The lowest BCUT2D eigenvalue weighted by molar-refractivity contribution is 0.158. The predicted molar refractivity (Wildman–Crippen MR) is 96.3 cm³/mol. The Morgan fingerprint density at radius 3 is 1.77 bits per heavy atom. The molecule has 122 valence electrons. The minimum absolute atomic E-state index is 0.842. The molecule has 2 aliphatic carbocycles. The van der Waals surface area contributed by atoms with Crippen LogP contribution in [0.5, 0.6) is 0 Å². The van der Waals surface area contributed by atoms with Gasteiger partial charge in [0.15, 0.2) is 0 Å². The second kappa shape index (κ2) is 7.66. The second-order valence-electron chi connectivity index (χ2n) is 7.90. The van der Waals surface area contributed by atoms with E-state index in [-0.39, 0.29) is 0 Å². The molecule has 0 aliphatic heterocycles. The molecule has 0 bridgehead atoms. The van der Waals surface area contributed by atoms with Crippen LogP contribution in [0.15, 0.2) is 24.3 Å². The third-order valence-electron chi connectivity index (χ3n) is 6.77. The smallest absolute Gasteiger partial charge is 0.0162 e. The maximum absolute atomic E-state index is 2.40. The molecule has 0 N–H and O–H groups in total. The Labute approximate surface area is 137 Å². The zero-order valence-corrected chi connectivity index (χ0v) is 14.7. The molecular formula is C22H34. The van der Waals surface area contributed by atoms with E-state index in [9.17, 15) is 0 Å². The van der Waals surface area contributed by atoms with Gasteiger partial charge in [0.25, 0.3) is 0 Å². The summed E-state index contributed by atoms with van der Waals surface area (Å²) in [5.41, 5.74) is 3.08. The quantitative estimate of drug-likeness (QED) is 0.577. The highest BCUT2D eigenvalue weighted by atomic mass is 14.4. The molecule has 0 heterocycles. The molecule has 1 aromatic carbocycles. The topological polar surface area (TPSA) is 0 Å². The molecule has 0 radical (unpaired) electrons. The van der Waals surface area contributed by atoms with Crippen molar-refractivity contribution < 1.29 is 0 Å². The summed E-state index contributed by atoms with van der Waals surface area (Å²) in [5.74, 6) is 3.99. The summed E-state index contributed by atoms with van der Waals surface area (Å²) in [5, 5.41) is 0. The van der Waals surface area contributed by atoms with Crippen LogP contribution in [0.4, 0.5) is 0 Å². The summed E-state index contributed by atoms with van der Waals surface area (Å²) < 4.78 is 0. The molecule has 0 unspecified atom stereocenters. The molecule has 2 fully saturated rings. The Bertz CT molecular complexity index is 428. The third kappa shape index (κ3) is 3.76. The fraction of sp³-hybridized carbons (Fsp3) is 0.727. The van der Waals surface area contributed by atoms with E-state index in [0.717, 1.165) is 30.1 Å². The molecule has 2 aliphatic rings. The molecular weight excluding hydrogens is 264 g/mol. The van der Waals surface area contributed by atoms with E-state index < -0.39 is 0 Å². The number of rotatable bonds is 4. The van der Waals surface area contributed by atoms with Crippen LogP contribution in [0.1, 0.15) is 88.7 Å². The summed E-state index contributed by atoms with van der Waals surface area (Å²) in [7, 11) is 0. The van der Waals surface area contributed by atoms with Crippen LogP contribution in [-0.2, 0) is 6.42 Å². The highest BCUT2D eigenvalue weighted by Gasteiger charge is 2.30. The molecule has 22 heavy (non-hydrogen) atoms. The lowest BCUT2D eigenvalue weighted by Crippen LogP contribution is -2.25. The molecule has 0 saturated heterocycles.